The van der Waals surface area contributed by atoms with Gasteiger partial charge in [-0.2, -0.15) is 0 Å². The molecule has 0 aliphatic heterocycles. The van der Waals surface area contributed by atoms with Crippen LogP contribution in [0.2, 0.25) is 13.1 Å². The summed E-state index contributed by atoms with van der Waals surface area (Å²) >= 11 is 3.75. The molecule has 2 aliphatic rings. The first-order valence-corrected chi connectivity index (χ1v) is 12.6. The summed E-state index contributed by atoms with van der Waals surface area (Å²) in [5.74, 6) is 0. The Labute approximate surface area is 154 Å². The van der Waals surface area contributed by atoms with Crippen LogP contribution in [0.25, 0.3) is 12.2 Å². The molecule has 0 nitrogen and oxygen atoms in total. The van der Waals surface area contributed by atoms with Crippen molar-refractivity contribution in [2.45, 2.75) is 38.0 Å². The maximum absolute atomic E-state index is 3.75. The van der Waals surface area contributed by atoms with E-state index in [1.165, 1.54) is 26.7 Å². The molecular weight excluding hydrogens is 372 g/mol. The fourth-order valence-corrected chi connectivity index (χ4v) is 10.6. The van der Waals surface area contributed by atoms with Gasteiger partial charge in [-0.1, -0.05) is 88.7 Å². The van der Waals surface area contributed by atoms with Gasteiger partial charge in [0.05, 0.1) is 8.07 Å². The minimum atomic E-state index is -1.65. The van der Waals surface area contributed by atoms with Crippen molar-refractivity contribution in [1.82, 2.24) is 0 Å². The Bertz CT molecular complexity index is 889. The summed E-state index contributed by atoms with van der Waals surface area (Å²) in [6.45, 7) is 9.81. The Hall–Kier alpha value is -1.38. The van der Waals surface area contributed by atoms with Crippen LogP contribution in [-0.2, 0) is 0 Å². The van der Waals surface area contributed by atoms with Crippen molar-refractivity contribution in [2.24, 2.45) is 0 Å². The van der Waals surface area contributed by atoms with E-state index in [0.717, 1.165) is 0 Å². The Morgan fingerprint density at radius 3 is 2.21 bits per heavy atom. The van der Waals surface area contributed by atoms with Crippen LogP contribution in [0.3, 0.4) is 0 Å². The van der Waals surface area contributed by atoms with Crippen LogP contribution >= 0.6 is 15.9 Å². The fourth-order valence-electron chi connectivity index (χ4n) is 5.13. The lowest BCUT2D eigenvalue weighted by Crippen LogP contribution is -2.42. The summed E-state index contributed by atoms with van der Waals surface area (Å²) in [5, 5.41) is 0. The van der Waals surface area contributed by atoms with Gasteiger partial charge in [-0.25, -0.2) is 0 Å². The topological polar surface area (TPSA) is 0 Å². The normalized spacial score (nSPS) is 22.0. The molecule has 2 unspecified atom stereocenters. The van der Waals surface area contributed by atoms with Gasteiger partial charge in [-0.3, -0.25) is 0 Å². The highest BCUT2D eigenvalue weighted by molar-refractivity contribution is 9.10. The minimum Gasteiger partial charge on any atom is -0.0679 e. The predicted molar refractivity (Wildman–Crippen MR) is 111 cm³/mol. The Kier molecular flexibility index (Phi) is 3.74. The maximum atomic E-state index is 3.75. The maximum Gasteiger partial charge on any atom is 0.0722 e. The quantitative estimate of drug-likeness (QED) is 0.483. The molecule has 0 aromatic heterocycles. The summed E-state index contributed by atoms with van der Waals surface area (Å²) < 4.78 is 1.23. The highest BCUT2D eigenvalue weighted by Gasteiger charge is 2.46. The molecule has 0 bridgehead atoms. The average molecular weight is 395 g/mol. The summed E-state index contributed by atoms with van der Waals surface area (Å²) in [4.78, 5) is 0. The Morgan fingerprint density at radius 1 is 0.792 bits per heavy atom. The van der Waals surface area contributed by atoms with Gasteiger partial charge in [0.2, 0.25) is 0 Å². The van der Waals surface area contributed by atoms with E-state index in [-0.39, 0.29) is 0 Å². The molecule has 0 saturated carbocycles. The van der Waals surface area contributed by atoms with E-state index in [1.807, 2.05) is 0 Å². The van der Waals surface area contributed by atoms with Crippen molar-refractivity contribution in [3.8, 4) is 0 Å². The second kappa shape index (κ2) is 5.57. The van der Waals surface area contributed by atoms with Crippen molar-refractivity contribution < 1.29 is 0 Å². The van der Waals surface area contributed by atoms with Gasteiger partial charge in [-0.05, 0) is 42.2 Å². The molecule has 24 heavy (non-hydrogen) atoms. The number of benzene rings is 2. The SMILES string of the molecule is CC1=Cc2ccccc2C1[Si](C)(C)C1C(C)=Cc2c(Br)cccc21. The number of hydrogen-bond donors (Lipinski definition) is 0. The zero-order valence-corrected chi connectivity index (χ0v) is 17.3. The van der Waals surface area contributed by atoms with E-state index in [0.29, 0.717) is 11.1 Å². The molecule has 122 valence electrons. The van der Waals surface area contributed by atoms with Gasteiger partial charge < -0.3 is 0 Å². The fraction of sp³-hybridized carbons (Fsp3) is 0.273. The van der Waals surface area contributed by atoms with Crippen molar-refractivity contribution >= 4 is 36.2 Å². The minimum absolute atomic E-state index is 0.588. The van der Waals surface area contributed by atoms with Crippen molar-refractivity contribution in [3.63, 3.8) is 0 Å². The standard InChI is InChI=1S/C22H23BrSi/c1-14-12-16-8-5-6-9-17(16)21(14)24(3,4)22-15(2)13-19-18(22)10-7-11-20(19)23/h5-13,21-22H,1-4H3. The molecule has 4 rings (SSSR count). The second-order valence-electron chi connectivity index (χ2n) is 7.84. The van der Waals surface area contributed by atoms with Crippen LogP contribution in [0, 0.1) is 0 Å². The van der Waals surface area contributed by atoms with Crippen molar-refractivity contribution in [3.05, 3.63) is 80.3 Å². The van der Waals surface area contributed by atoms with Crippen LogP contribution in [0.15, 0.2) is 58.1 Å². The molecule has 0 N–H and O–H groups in total. The van der Waals surface area contributed by atoms with Crippen molar-refractivity contribution in [2.75, 3.05) is 0 Å². The molecule has 2 atom stereocenters. The van der Waals surface area contributed by atoms with Crippen LogP contribution in [0.1, 0.15) is 47.2 Å². The molecule has 0 saturated heterocycles. The summed E-state index contributed by atoms with van der Waals surface area (Å²) in [6, 6.07) is 15.7. The molecule has 2 aromatic carbocycles. The summed E-state index contributed by atoms with van der Waals surface area (Å²) in [7, 11) is -1.65. The molecular formula is C22H23BrSi. The Morgan fingerprint density at radius 2 is 1.42 bits per heavy atom. The molecule has 2 heteroatoms. The zero-order chi connectivity index (χ0) is 17.1. The van der Waals surface area contributed by atoms with Gasteiger partial charge in [0.1, 0.15) is 0 Å². The van der Waals surface area contributed by atoms with Crippen molar-refractivity contribution in [1.29, 1.82) is 0 Å². The van der Waals surface area contributed by atoms with Gasteiger partial charge in [-0.15, -0.1) is 0 Å². The van der Waals surface area contributed by atoms with E-state index < -0.39 is 8.07 Å². The largest absolute Gasteiger partial charge is 0.0722 e. The van der Waals surface area contributed by atoms with Gasteiger partial charge in [0.15, 0.2) is 0 Å². The molecule has 0 heterocycles. The third kappa shape index (κ3) is 2.23. The summed E-state index contributed by atoms with van der Waals surface area (Å²) in [5.41, 5.74) is 10.2. The van der Waals surface area contributed by atoms with Crippen LogP contribution in [0.5, 0.6) is 0 Å². The van der Waals surface area contributed by atoms with Gasteiger partial charge in [0, 0.05) is 15.6 Å². The second-order valence-corrected chi connectivity index (χ2v) is 13.5. The average Bonchev–Trinajstić information content (AvgIpc) is 3.04. The molecule has 0 spiro atoms. The van der Waals surface area contributed by atoms with Crippen LogP contribution in [0.4, 0.5) is 0 Å². The predicted octanol–water partition coefficient (Wildman–Crippen LogP) is 6.94. The highest BCUT2D eigenvalue weighted by atomic mass is 79.9. The molecule has 2 aromatic rings. The molecule has 0 fully saturated rings. The third-order valence-corrected chi connectivity index (χ3v) is 11.1. The number of hydrogen-bond acceptors (Lipinski definition) is 0. The first kappa shape index (κ1) is 16.1. The first-order chi connectivity index (χ1) is 11.4. The lowest BCUT2D eigenvalue weighted by Gasteiger charge is -2.39. The van der Waals surface area contributed by atoms with E-state index in [9.17, 15) is 0 Å². The number of rotatable bonds is 2. The van der Waals surface area contributed by atoms with E-state index in [1.54, 1.807) is 11.1 Å². The van der Waals surface area contributed by atoms with Gasteiger partial charge in [0.25, 0.3) is 0 Å². The highest BCUT2D eigenvalue weighted by Crippen LogP contribution is 2.52. The number of allylic oxidation sites excluding steroid dienone is 2. The monoisotopic (exact) mass is 394 g/mol. The van der Waals surface area contributed by atoms with Crippen LogP contribution in [-0.4, -0.2) is 8.07 Å². The van der Waals surface area contributed by atoms with Gasteiger partial charge >= 0.3 is 0 Å². The first-order valence-electron chi connectivity index (χ1n) is 8.65. The van der Waals surface area contributed by atoms with E-state index in [2.05, 4.69) is 97.5 Å². The summed E-state index contributed by atoms with van der Waals surface area (Å²) in [6.07, 6.45) is 4.81. The zero-order valence-electron chi connectivity index (χ0n) is 14.7. The number of fused-ring (bicyclic) bond motifs is 2. The van der Waals surface area contributed by atoms with E-state index >= 15 is 0 Å². The molecule has 2 aliphatic carbocycles. The lowest BCUT2D eigenvalue weighted by atomic mass is 10.1. The van der Waals surface area contributed by atoms with E-state index in [4.69, 9.17) is 0 Å². The Balaban J connectivity index is 1.85. The van der Waals surface area contributed by atoms with Crippen LogP contribution < -0.4 is 0 Å². The molecule has 0 amide bonds. The lowest BCUT2D eigenvalue weighted by molar-refractivity contribution is 0.968. The molecule has 0 radical (unpaired) electrons. The third-order valence-electron chi connectivity index (χ3n) is 5.86. The number of halogens is 1. The smallest absolute Gasteiger partial charge is 0.0679 e.